The average molecular weight is 528 g/mol. The summed E-state index contributed by atoms with van der Waals surface area (Å²) in [6, 6.07) is 8.34. The number of benzene rings is 1. The number of amides is 1. The summed E-state index contributed by atoms with van der Waals surface area (Å²) in [6.45, 7) is 6.86. The number of hydrogen-bond acceptors (Lipinski definition) is 6. The van der Waals surface area contributed by atoms with Gasteiger partial charge >= 0.3 is 0 Å². The number of pyridine rings is 1. The molecule has 1 aromatic carbocycles. The third-order valence-electron chi connectivity index (χ3n) is 6.82. The number of anilines is 1. The molecule has 2 N–H and O–H groups in total. The molecule has 0 spiro atoms. The molecule has 2 aliphatic rings. The van der Waals surface area contributed by atoms with Crippen LogP contribution in [0.2, 0.25) is 0 Å². The number of aryl methyl sites for hydroxylation is 1. The lowest BCUT2D eigenvalue weighted by Crippen LogP contribution is -2.31. The number of rotatable bonds is 7. The van der Waals surface area contributed by atoms with E-state index in [-0.39, 0.29) is 17.7 Å². The molecule has 1 aliphatic heterocycles. The Labute approximate surface area is 217 Å². The number of nitrogens with zero attached hydrogens (tertiary/aromatic N) is 1. The number of thioether (sulfide) groups is 1. The highest BCUT2D eigenvalue weighted by molar-refractivity contribution is 7.99. The first-order valence-electron chi connectivity index (χ1n) is 12.1. The number of carbonyl (C=O) groups is 2. The number of fused-ring (bicyclic) bond motifs is 2. The van der Waals surface area contributed by atoms with Crippen LogP contribution in [0.1, 0.15) is 62.0 Å². The van der Waals surface area contributed by atoms with Gasteiger partial charge in [-0.15, -0.1) is 11.8 Å². The molecule has 2 atom stereocenters. The summed E-state index contributed by atoms with van der Waals surface area (Å²) < 4.78 is 25.6. The highest BCUT2D eigenvalue weighted by Gasteiger charge is 2.30. The second kappa shape index (κ2) is 10.4. The molecule has 1 aliphatic carbocycles. The van der Waals surface area contributed by atoms with Gasteiger partial charge in [-0.3, -0.25) is 9.52 Å². The predicted octanol–water partition coefficient (Wildman–Crippen LogP) is 4.54. The van der Waals surface area contributed by atoms with Crippen molar-refractivity contribution in [3.63, 3.8) is 0 Å². The first-order chi connectivity index (χ1) is 16.9. The van der Waals surface area contributed by atoms with E-state index in [2.05, 4.69) is 36.9 Å². The number of nitrogens with one attached hydrogen (secondary N) is 2. The maximum absolute atomic E-state index is 13.2. The van der Waals surface area contributed by atoms with Crippen molar-refractivity contribution in [2.45, 2.75) is 57.5 Å². The summed E-state index contributed by atoms with van der Waals surface area (Å²) >= 11 is 1.56. The average Bonchev–Trinajstić information content (AvgIpc) is 2.80. The van der Waals surface area contributed by atoms with E-state index in [0.29, 0.717) is 28.5 Å². The summed E-state index contributed by atoms with van der Waals surface area (Å²) in [5.41, 5.74) is 5.31. The zero-order valence-electron chi connectivity index (χ0n) is 21.1. The largest absolute Gasteiger partial charge is 0.345 e. The van der Waals surface area contributed by atoms with Crippen LogP contribution in [0.5, 0.6) is 0 Å². The molecule has 0 saturated heterocycles. The summed E-state index contributed by atoms with van der Waals surface area (Å²) in [6.07, 6.45) is 6.95. The first kappa shape index (κ1) is 26.4. The molecule has 7 nitrogen and oxygen atoms in total. The van der Waals surface area contributed by atoms with E-state index in [4.69, 9.17) is 4.98 Å². The number of carbonyl (C=O) groups excluding carboxylic acids is 2. The molecule has 0 bridgehead atoms. The van der Waals surface area contributed by atoms with Gasteiger partial charge in [0.15, 0.2) is 0 Å². The molecule has 0 saturated carbocycles. The Balaban J connectivity index is 1.54. The Kier molecular flexibility index (Phi) is 7.61. The summed E-state index contributed by atoms with van der Waals surface area (Å²) in [4.78, 5) is 29.5. The Bertz CT molecular complexity index is 1310. The Hall–Kier alpha value is -2.65. The van der Waals surface area contributed by atoms with Crippen LogP contribution in [0.25, 0.3) is 6.08 Å². The van der Waals surface area contributed by atoms with Crippen LogP contribution < -0.4 is 10.0 Å². The van der Waals surface area contributed by atoms with Crippen molar-refractivity contribution in [3.05, 3.63) is 58.3 Å². The molecule has 1 aromatic heterocycles. The zero-order valence-corrected chi connectivity index (χ0v) is 22.8. The van der Waals surface area contributed by atoms with Crippen molar-refractivity contribution >= 4 is 45.7 Å². The number of aldehydes is 1. The molecule has 4 rings (SSSR count). The number of hydrogen-bond donors (Lipinski definition) is 2. The summed E-state index contributed by atoms with van der Waals surface area (Å²) in [5, 5.41) is 3.93. The number of sulfonamides is 1. The van der Waals surface area contributed by atoms with Crippen LogP contribution in [0.4, 0.5) is 5.69 Å². The second-order valence-electron chi connectivity index (χ2n) is 10.7. The maximum atomic E-state index is 13.2. The highest BCUT2D eigenvalue weighted by atomic mass is 32.2. The lowest BCUT2D eigenvalue weighted by Gasteiger charge is -2.35. The minimum Gasteiger partial charge on any atom is -0.345 e. The van der Waals surface area contributed by atoms with E-state index in [9.17, 15) is 18.0 Å². The van der Waals surface area contributed by atoms with Gasteiger partial charge in [-0.05, 0) is 66.0 Å². The minimum absolute atomic E-state index is 0.0777. The highest BCUT2D eigenvalue weighted by Crippen LogP contribution is 2.39. The van der Waals surface area contributed by atoms with Crippen LogP contribution in [0.15, 0.2) is 40.9 Å². The lowest BCUT2D eigenvalue weighted by atomic mass is 9.71. The van der Waals surface area contributed by atoms with E-state index in [0.717, 1.165) is 42.4 Å². The molecular formula is C27H33N3O4S2. The van der Waals surface area contributed by atoms with Gasteiger partial charge in [-0.1, -0.05) is 32.9 Å². The maximum Gasteiger partial charge on any atom is 0.248 e. The van der Waals surface area contributed by atoms with Gasteiger partial charge in [0.1, 0.15) is 11.3 Å². The van der Waals surface area contributed by atoms with E-state index < -0.39 is 16.1 Å². The van der Waals surface area contributed by atoms with Crippen LogP contribution in [-0.4, -0.2) is 37.6 Å². The zero-order chi connectivity index (χ0) is 26.1. The van der Waals surface area contributed by atoms with Crippen molar-refractivity contribution in [3.8, 4) is 0 Å². The van der Waals surface area contributed by atoms with E-state index in [1.165, 1.54) is 11.3 Å². The molecule has 1 amide bonds. The van der Waals surface area contributed by atoms with Crippen molar-refractivity contribution in [2.75, 3.05) is 16.7 Å². The Morgan fingerprint density at radius 2 is 2.06 bits per heavy atom. The van der Waals surface area contributed by atoms with Crippen molar-refractivity contribution in [2.24, 2.45) is 11.3 Å². The quantitative estimate of drug-likeness (QED) is 0.512. The normalized spacial score (nSPS) is 18.3. The van der Waals surface area contributed by atoms with Crippen molar-refractivity contribution < 1.29 is 18.0 Å². The van der Waals surface area contributed by atoms with Crippen LogP contribution in [0.3, 0.4) is 0 Å². The van der Waals surface area contributed by atoms with E-state index >= 15 is 0 Å². The fourth-order valence-corrected chi connectivity index (χ4v) is 6.31. The van der Waals surface area contributed by atoms with Crippen molar-refractivity contribution in [1.29, 1.82) is 0 Å². The Morgan fingerprint density at radius 1 is 1.28 bits per heavy atom. The smallest absolute Gasteiger partial charge is 0.248 e. The van der Waals surface area contributed by atoms with Crippen molar-refractivity contribution in [1.82, 2.24) is 10.3 Å². The third-order valence-corrected chi connectivity index (χ3v) is 8.48. The molecule has 2 heterocycles. The van der Waals surface area contributed by atoms with Gasteiger partial charge in [-0.2, -0.15) is 0 Å². The van der Waals surface area contributed by atoms with Crippen LogP contribution in [-0.2, 0) is 32.5 Å². The molecule has 0 radical (unpaired) electrons. The summed E-state index contributed by atoms with van der Waals surface area (Å²) in [5.74, 6) is 0.857. The minimum atomic E-state index is -3.44. The van der Waals surface area contributed by atoms with Gasteiger partial charge < -0.3 is 10.1 Å². The van der Waals surface area contributed by atoms with Gasteiger partial charge in [0.05, 0.1) is 12.3 Å². The first-order valence-corrected chi connectivity index (χ1v) is 15.0. The standard InChI is InChI=1S/C27H33N3O4S2/c1-27(2,3)21-8-9-23-18(14-21)12-19-13-20(16-35-26(19)29-23)25(32)28-24(10-11-31)17-6-5-7-22(15-17)30-36(4,33)34/h5-7,11-13,15,21,24,30H,8-10,14,16H2,1-4H3,(H,28,32)/t21-,24+/m0/s1. The third kappa shape index (κ3) is 6.37. The van der Waals surface area contributed by atoms with Gasteiger partial charge in [-0.25, -0.2) is 13.4 Å². The second-order valence-corrected chi connectivity index (χ2v) is 13.4. The van der Waals surface area contributed by atoms with E-state index in [1.54, 1.807) is 36.0 Å². The fourth-order valence-electron chi connectivity index (χ4n) is 4.79. The molecule has 0 fully saturated rings. The molecular weight excluding hydrogens is 494 g/mol. The van der Waals surface area contributed by atoms with Gasteiger partial charge in [0, 0.05) is 34.7 Å². The molecule has 2 aromatic rings. The number of aromatic nitrogens is 1. The monoisotopic (exact) mass is 527 g/mol. The molecule has 192 valence electrons. The van der Waals surface area contributed by atoms with E-state index in [1.807, 2.05) is 6.08 Å². The molecule has 9 heteroatoms. The fraction of sp³-hybridized carbons (Fsp3) is 0.444. The summed E-state index contributed by atoms with van der Waals surface area (Å²) in [7, 11) is -3.44. The molecule has 0 unspecified atom stereocenters. The SMILES string of the molecule is CC(C)(C)[C@H]1CCc2nc3c(cc2C1)C=C(C(=O)N[C@H](CC=O)c1cccc(NS(C)(=O)=O)c1)CS3. The lowest BCUT2D eigenvalue weighted by molar-refractivity contribution is -0.118. The van der Waals surface area contributed by atoms with Crippen LogP contribution in [0, 0.1) is 11.3 Å². The van der Waals surface area contributed by atoms with Crippen LogP contribution >= 0.6 is 11.8 Å². The Morgan fingerprint density at radius 3 is 2.75 bits per heavy atom. The molecule has 36 heavy (non-hydrogen) atoms. The predicted molar refractivity (Wildman–Crippen MR) is 144 cm³/mol. The van der Waals surface area contributed by atoms with Gasteiger partial charge in [0.25, 0.3) is 0 Å². The van der Waals surface area contributed by atoms with Gasteiger partial charge in [0.2, 0.25) is 15.9 Å². The topological polar surface area (TPSA) is 105 Å².